The number of alkyl halides is 1. The number of primary amides is 1. The third-order valence-electron chi connectivity index (χ3n) is 4.42. The number of nitrogens with two attached hydrogens (primary N) is 1. The van der Waals surface area contributed by atoms with E-state index in [1.165, 1.54) is 4.31 Å². The number of amides is 1. The number of carbonyl (C=O) groups is 1. The fourth-order valence-corrected chi connectivity index (χ4v) is 4.57. The number of anilines is 2. The molecule has 1 aliphatic rings. The summed E-state index contributed by atoms with van der Waals surface area (Å²) in [6.07, 6.45) is 0. The highest BCUT2D eigenvalue weighted by Gasteiger charge is 2.28. The summed E-state index contributed by atoms with van der Waals surface area (Å²) in [6, 6.07) is 5.04. The van der Waals surface area contributed by atoms with Crippen molar-refractivity contribution in [1.29, 1.82) is 0 Å². The number of hydrogen-bond acceptors (Lipinski definition) is 8. The van der Waals surface area contributed by atoms with Gasteiger partial charge in [-0.15, -0.1) is 21.8 Å². The molecule has 1 aliphatic heterocycles. The number of nitrogens with one attached hydrogen (secondary N) is 1. The van der Waals surface area contributed by atoms with Crippen LogP contribution in [0, 0.1) is 0 Å². The van der Waals surface area contributed by atoms with Gasteiger partial charge >= 0.3 is 0 Å². The van der Waals surface area contributed by atoms with E-state index < -0.39 is 21.1 Å². The van der Waals surface area contributed by atoms with Crippen LogP contribution in [-0.4, -0.2) is 65.2 Å². The smallest absolute Gasteiger partial charge is 0.273 e. The third kappa shape index (κ3) is 5.22. The van der Waals surface area contributed by atoms with Crippen LogP contribution in [0.25, 0.3) is 0 Å². The maximum absolute atomic E-state index is 11.9. The van der Waals surface area contributed by atoms with Gasteiger partial charge in [0.05, 0.1) is 0 Å². The highest BCUT2D eigenvalue weighted by Crippen LogP contribution is 2.23. The summed E-state index contributed by atoms with van der Waals surface area (Å²) in [7, 11) is -3.48. The normalized spacial score (nSPS) is 15.2. The van der Waals surface area contributed by atoms with Crippen molar-refractivity contribution >= 4 is 62.5 Å². The number of piperazine rings is 1. The minimum Gasteiger partial charge on any atom is -0.364 e. The first-order valence-electron chi connectivity index (χ1n) is 8.72. The van der Waals surface area contributed by atoms with Crippen molar-refractivity contribution in [1.82, 2.24) is 19.5 Å². The Bertz CT molecular complexity index is 1050. The lowest BCUT2D eigenvalue weighted by molar-refractivity contribution is 0.0995. The van der Waals surface area contributed by atoms with Gasteiger partial charge in [-0.25, -0.2) is 8.42 Å². The molecule has 1 aromatic carbocycles. The van der Waals surface area contributed by atoms with Gasteiger partial charge in [0, 0.05) is 42.8 Å². The van der Waals surface area contributed by atoms with Crippen molar-refractivity contribution < 1.29 is 13.2 Å². The molecule has 1 aromatic heterocycles. The molecule has 10 nitrogen and oxygen atoms in total. The molecule has 162 valence electrons. The van der Waals surface area contributed by atoms with Gasteiger partial charge in [-0.3, -0.25) is 4.79 Å². The molecule has 1 amide bonds. The number of nitrogens with zero attached hydrogens (tertiary/aromatic N) is 5. The Kier molecular flexibility index (Phi) is 7.19. The SMILES string of the molecule is NC(=O)c1nnc(N2CCN(S(=O)(=O)CCl)CC2)nc1NCc1ccc(Cl)cc1Cl. The van der Waals surface area contributed by atoms with E-state index in [-0.39, 0.29) is 37.1 Å². The van der Waals surface area contributed by atoms with Crippen molar-refractivity contribution in [3.8, 4) is 0 Å². The number of benzene rings is 1. The van der Waals surface area contributed by atoms with E-state index in [0.717, 1.165) is 5.56 Å². The molecule has 0 bridgehead atoms. The molecule has 0 atom stereocenters. The minimum atomic E-state index is -3.48. The van der Waals surface area contributed by atoms with Crippen molar-refractivity contribution in [2.24, 2.45) is 5.73 Å². The molecule has 0 aliphatic carbocycles. The lowest BCUT2D eigenvalue weighted by atomic mass is 10.2. The van der Waals surface area contributed by atoms with Crippen LogP contribution in [0.4, 0.5) is 11.8 Å². The maximum Gasteiger partial charge on any atom is 0.273 e. The average Bonchev–Trinajstić information content (AvgIpc) is 2.73. The molecule has 2 aromatic rings. The van der Waals surface area contributed by atoms with Crippen molar-refractivity contribution in [2.45, 2.75) is 6.54 Å². The maximum atomic E-state index is 11.9. The lowest BCUT2D eigenvalue weighted by Gasteiger charge is -2.33. The highest BCUT2D eigenvalue weighted by atomic mass is 35.5. The van der Waals surface area contributed by atoms with Crippen molar-refractivity contribution in [3.63, 3.8) is 0 Å². The predicted octanol–water partition coefficient (Wildman–Crippen LogP) is 1.54. The monoisotopic (exact) mass is 493 g/mol. The summed E-state index contributed by atoms with van der Waals surface area (Å²) in [4.78, 5) is 17.8. The standard InChI is InChI=1S/C16H18Cl3N7O3S/c17-9-30(28,29)26-5-3-25(4-6-26)16-22-15(13(14(20)27)23-24-16)21-8-10-1-2-11(18)7-12(10)19/h1-2,7H,3-6,8-9H2,(H2,20,27)(H,21,22,24). The molecular weight excluding hydrogens is 477 g/mol. The first-order valence-corrected chi connectivity index (χ1v) is 11.6. The van der Waals surface area contributed by atoms with Crippen molar-refractivity contribution in [3.05, 3.63) is 39.5 Å². The number of halogens is 3. The molecule has 0 unspecified atom stereocenters. The van der Waals surface area contributed by atoms with Gasteiger partial charge in [-0.1, -0.05) is 29.3 Å². The zero-order valence-electron chi connectivity index (χ0n) is 15.6. The van der Waals surface area contributed by atoms with Gasteiger partial charge in [0.25, 0.3) is 5.91 Å². The third-order valence-corrected chi connectivity index (χ3v) is 7.27. The van der Waals surface area contributed by atoms with Gasteiger partial charge in [0.2, 0.25) is 16.0 Å². The second kappa shape index (κ2) is 9.48. The first kappa shape index (κ1) is 22.8. The van der Waals surface area contributed by atoms with Crippen LogP contribution in [0.2, 0.25) is 10.0 Å². The number of sulfonamides is 1. The molecule has 1 saturated heterocycles. The Morgan fingerprint density at radius 2 is 1.87 bits per heavy atom. The fraction of sp³-hybridized carbons (Fsp3) is 0.375. The van der Waals surface area contributed by atoms with E-state index in [1.807, 2.05) is 0 Å². The largest absolute Gasteiger partial charge is 0.364 e. The second-order valence-corrected chi connectivity index (χ2v) is 9.77. The molecule has 1 fully saturated rings. The fourth-order valence-electron chi connectivity index (χ4n) is 2.82. The number of rotatable bonds is 7. The lowest BCUT2D eigenvalue weighted by Crippen LogP contribution is -2.49. The van der Waals surface area contributed by atoms with E-state index in [4.69, 9.17) is 40.5 Å². The van der Waals surface area contributed by atoms with Crippen LogP contribution in [0.15, 0.2) is 18.2 Å². The topological polar surface area (TPSA) is 134 Å². The Labute approximate surface area is 188 Å². The molecule has 14 heteroatoms. The summed E-state index contributed by atoms with van der Waals surface area (Å²) < 4.78 is 25.1. The van der Waals surface area contributed by atoms with Gasteiger partial charge in [0.1, 0.15) is 5.21 Å². The minimum absolute atomic E-state index is 0.118. The van der Waals surface area contributed by atoms with Gasteiger partial charge < -0.3 is 16.0 Å². The Morgan fingerprint density at radius 3 is 2.47 bits per heavy atom. The Hall–Kier alpha value is -1.92. The predicted molar refractivity (Wildman–Crippen MR) is 116 cm³/mol. The molecule has 0 saturated carbocycles. The molecule has 3 rings (SSSR count). The van der Waals surface area contributed by atoms with Gasteiger partial charge in [-0.2, -0.15) is 9.29 Å². The van der Waals surface area contributed by atoms with E-state index in [9.17, 15) is 13.2 Å². The molecule has 30 heavy (non-hydrogen) atoms. The molecular formula is C16H18Cl3N7O3S. The summed E-state index contributed by atoms with van der Waals surface area (Å²) in [5, 5.41) is 11.3. The summed E-state index contributed by atoms with van der Waals surface area (Å²) in [6.45, 7) is 1.40. The van der Waals surface area contributed by atoms with E-state index >= 15 is 0 Å². The second-order valence-electron chi connectivity index (χ2n) is 6.37. The van der Waals surface area contributed by atoms with Crippen LogP contribution < -0.4 is 16.0 Å². The van der Waals surface area contributed by atoms with Crippen LogP contribution in [-0.2, 0) is 16.6 Å². The van der Waals surface area contributed by atoms with E-state index in [2.05, 4.69) is 20.5 Å². The average molecular weight is 495 g/mol. The van der Waals surface area contributed by atoms with E-state index in [1.54, 1.807) is 23.1 Å². The Balaban J connectivity index is 1.77. The summed E-state index contributed by atoms with van der Waals surface area (Å²) in [5.41, 5.74) is 5.99. The van der Waals surface area contributed by atoms with Crippen LogP contribution in [0.5, 0.6) is 0 Å². The molecule has 3 N–H and O–H groups in total. The zero-order chi connectivity index (χ0) is 21.9. The Morgan fingerprint density at radius 1 is 1.17 bits per heavy atom. The number of aromatic nitrogens is 3. The van der Waals surface area contributed by atoms with Crippen LogP contribution in [0.3, 0.4) is 0 Å². The van der Waals surface area contributed by atoms with Gasteiger partial charge in [-0.05, 0) is 17.7 Å². The first-order chi connectivity index (χ1) is 14.2. The summed E-state index contributed by atoms with van der Waals surface area (Å²) in [5.74, 6) is -0.397. The molecule has 0 spiro atoms. The number of hydrogen-bond donors (Lipinski definition) is 2. The molecule has 0 radical (unpaired) electrons. The van der Waals surface area contributed by atoms with Crippen molar-refractivity contribution in [2.75, 3.05) is 41.6 Å². The van der Waals surface area contributed by atoms with Gasteiger partial charge in [0.15, 0.2) is 11.5 Å². The highest BCUT2D eigenvalue weighted by molar-refractivity contribution is 7.90. The van der Waals surface area contributed by atoms with Crippen LogP contribution in [0.1, 0.15) is 16.1 Å². The zero-order valence-corrected chi connectivity index (χ0v) is 18.6. The quantitative estimate of drug-likeness (QED) is 0.554. The van der Waals surface area contributed by atoms with Crippen LogP contribution >= 0.6 is 34.8 Å². The van der Waals surface area contributed by atoms with E-state index in [0.29, 0.717) is 23.1 Å². The molecule has 2 heterocycles. The number of carbonyl (C=O) groups excluding carboxylic acids is 1. The summed E-state index contributed by atoms with van der Waals surface area (Å²) >= 11 is 17.6.